The Balaban J connectivity index is 1.28. The van der Waals surface area contributed by atoms with Crippen molar-refractivity contribution in [2.24, 2.45) is 0 Å². The number of rotatable bonds is 4. The van der Waals surface area contributed by atoms with Crippen molar-refractivity contribution in [2.75, 3.05) is 19.7 Å². The largest absolute Gasteiger partial charge is 0.372 e. The molecule has 6 heteroatoms. The number of amides is 1. The Morgan fingerprint density at radius 3 is 2.96 bits per heavy atom. The Bertz CT molecular complexity index is 697. The van der Waals surface area contributed by atoms with Gasteiger partial charge in [-0.1, -0.05) is 6.07 Å². The first-order chi connectivity index (χ1) is 12.2. The second-order valence-electron chi connectivity index (χ2n) is 6.76. The Hall–Kier alpha value is -1.76. The van der Waals surface area contributed by atoms with Crippen LogP contribution in [-0.2, 0) is 16.1 Å². The standard InChI is InChI=1S/C19H22N2O3S/c22-18(15-4-10-25-14-15)21-8-5-19(6-9-21)11-17(13-24-19)23-12-16-3-1-2-7-20-16/h1-4,7,10,14,17H,5-6,8-9,11-13H2. The van der Waals surface area contributed by atoms with Crippen molar-refractivity contribution in [3.8, 4) is 0 Å². The van der Waals surface area contributed by atoms with Crippen molar-refractivity contribution >= 4 is 17.2 Å². The van der Waals surface area contributed by atoms with Gasteiger partial charge in [-0.3, -0.25) is 9.78 Å². The molecule has 2 aliphatic rings. The average Bonchev–Trinajstić information content (AvgIpc) is 3.32. The minimum atomic E-state index is -0.125. The number of piperidine rings is 1. The summed E-state index contributed by atoms with van der Waals surface area (Å²) in [4.78, 5) is 18.7. The maximum absolute atomic E-state index is 12.4. The number of aromatic nitrogens is 1. The van der Waals surface area contributed by atoms with Crippen molar-refractivity contribution in [3.63, 3.8) is 0 Å². The summed E-state index contributed by atoms with van der Waals surface area (Å²) < 4.78 is 12.1. The molecule has 2 aromatic rings. The lowest BCUT2D eigenvalue weighted by Crippen LogP contribution is -2.46. The molecule has 2 saturated heterocycles. The third kappa shape index (κ3) is 3.76. The normalized spacial score (nSPS) is 22.4. The van der Waals surface area contributed by atoms with Crippen molar-refractivity contribution in [1.82, 2.24) is 9.88 Å². The van der Waals surface area contributed by atoms with Crippen LogP contribution >= 0.6 is 11.3 Å². The van der Waals surface area contributed by atoms with Gasteiger partial charge in [0.1, 0.15) is 0 Å². The van der Waals surface area contributed by atoms with Crippen LogP contribution in [0, 0.1) is 0 Å². The van der Waals surface area contributed by atoms with E-state index in [0.29, 0.717) is 13.2 Å². The molecule has 0 aliphatic carbocycles. The second kappa shape index (κ2) is 7.23. The number of carbonyl (C=O) groups is 1. The molecular weight excluding hydrogens is 336 g/mol. The topological polar surface area (TPSA) is 51.7 Å². The number of carbonyl (C=O) groups excluding carboxylic acids is 1. The van der Waals surface area contributed by atoms with Crippen molar-refractivity contribution in [2.45, 2.75) is 37.6 Å². The number of hydrogen-bond acceptors (Lipinski definition) is 5. The van der Waals surface area contributed by atoms with Gasteiger partial charge in [0.2, 0.25) is 0 Å². The Morgan fingerprint density at radius 2 is 2.24 bits per heavy atom. The van der Waals surface area contributed by atoms with Gasteiger partial charge in [0, 0.05) is 31.1 Å². The molecule has 0 aromatic carbocycles. The Morgan fingerprint density at radius 1 is 1.36 bits per heavy atom. The van der Waals surface area contributed by atoms with E-state index in [1.54, 1.807) is 17.5 Å². The minimum absolute atomic E-state index is 0.112. The SMILES string of the molecule is O=C(c1ccsc1)N1CCC2(CC1)CC(OCc1ccccn1)CO2. The van der Waals surface area contributed by atoms with E-state index in [0.717, 1.165) is 43.6 Å². The van der Waals surface area contributed by atoms with E-state index in [9.17, 15) is 4.79 Å². The number of thiophene rings is 1. The molecule has 2 fully saturated rings. The molecule has 1 atom stereocenters. The number of nitrogens with zero attached hydrogens (tertiary/aromatic N) is 2. The van der Waals surface area contributed by atoms with Gasteiger partial charge in [-0.05, 0) is 36.4 Å². The van der Waals surface area contributed by atoms with Crippen LogP contribution in [0.25, 0.3) is 0 Å². The molecule has 5 nitrogen and oxygen atoms in total. The van der Waals surface area contributed by atoms with E-state index in [-0.39, 0.29) is 17.6 Å². The predicted octanol–water partition coefficient (Wildman–Crippen LogP) is 3.12. The zero-order valence-electron chi connectivity index (χ0n) is 14.1. The van der Waals surface area contributed by atoms with Crippen LogP contribution in [0.15, 0.2) is 41.2 Å². The summed E-state index contributed by atoms with van der Waals surface area (Å²) in [5, 5.41) is 3.86. The van der Waals surface area contributed by atoms with Crippen LogP contribution in [0.4, 0.5) is 0 Å². The van der Waals surface area contributed by atoms with E-state index in [2.05, 4.69) is 4.98 Å². The first-order valence-electron chi connectivity index (χ1n) is 8.71. The van der Waals surface area contributed by atoms with E-state index >= 15 is 0 Å². The lowest BCUT2D eigenvalue weighted by atomic mass is 9.88. The van der Waals surface area contributed by atoms with Crippen LogP contribution < -0.4 is 0 Å². The maximum Gasteiger partial charge on any atom is 0.254 e. The Labute approximate surface area is 151 Å². The minimum Gasteiger partial charge on any atom is -0.372 e. The second-order valence-corrected chi connectivity index (χ2v) is 7.54. The number of ether oxygens (including phenoxy) is 2. The summed E-state index contributed by atoms with van der Waals surface area (Å²) in [5.41, 5.74) is 1.62. The smallest absolute Gasteiger partial charge is 0.254 e. The summed E-state index contributed by atoms with van der Waals surface area (Å²) in [6, 6.07) is 7.74. The van der Waals surface area contributed by atoms with Gasteiger partial charge >= 0.3 is 0 Å². The fourth-order valence-corrected chi connectivity index (χ4v) is 4.26. The zero-order chi connectivity index (χ0) is 17.1. The summed E-state index contributed by atoms with van der Waals surface area (Å²) in [5.74, 6) is 0.136. The third-order valence-electron chi connectivity index (χ3n) is 5.10. The van der Waals surface area contributed by atoms with E-state index in [1.807, 2.05) is 39.9 Å². The van der Waals surface area contributed by atoms with Gasteiger partial charge in [0.05, 0.1) is 36.2 Å². The molecule has 0 radical (unpaired) electrons. The van der Waals surface area contributed by atoms with Gasteiger partial charge in [0.25, 0.3) is 5.91 Å². The lowest BCUT2D eigenvalue weighted by Gasteiger charge is -2.38. The Kier molecular flexibility index (Phi) is 4.83. The monoisotopic (exact) mass is 358 g/mol. The van der Waals surface area contributed by atoms with Crippen LogP contribution in [0.2, 0.25) is 0 Å². The van der Waals surface area contributed by atoms with Crippen molar-refractivity contribution < 1.29 is 14.3 Å². The molecule has 25 heavy (non-hydrogen) atoms. The molecule has 132 valence electrons. The number of pyridine rings is 1. The molecule has 1 amide bonds. The van der Waals surface area contributed by atoms with E-state index in [4.69, 9.17) is 9.47 Å². The molecule has 1 spiro atoms. The number of likely N-dealkylation sites (tertiary alicyclic amines) is 1. The highest BCUT2D eigenvalue weighted by molar-refractivity contribution is 7.08. The molecule has 0 N–H and O–H groups in total. The lowest BCUT2D eigenvalue weighted by molar-refractivity contribution is -0.0412. The van der Waals surface area contributed by atoms with Gasteiger partial charge in [-0.2, -0.15) is 11.3 Å². The molecule has 0 saturated carbocycles. The molecule has 2 aromatic heterocycles. The van der Waals surface area contributed by atoms with Crippen LogP contribution in [-0.4, -0.2) is 47.2 Å². The van der Waals surface area contributed by atoms with Gasteiger partial charge < -0.3 is 14.4 Å². The van der Waals surface area contributed by atoms with Crippen molar-refractivity contribution in [1.29, 1.82) is 0 Å². The molecule has 1 unspecified atom stereocenters. The van der Waals surface area contributed by atoms with Gasteiger partial charge in [0.15, 0.2) is 0 Å². The zero-order valence-corrected chi connectivity index (χ0v) is 14.9. The predicted molar refractivity (Wildman–Crippen MR) is 95.6 cm³/mol. The summed E-state index contributed by atoms with van der Waals surface area (Å²) in [7, 11) is 0. The van der Waals surface area contributed by atoms with Gasteiger partial charge in [-0.15, -0.1) is 0 Å². The molecule has 4 heterocycles. The highest BCUT2D eigenvalue weighted by Crippen LogP contribution is 2.37. The average molecular weight is 358 g/mol. The first kappa shape index (κ1) is 16.7. The highest BCUT2D eigenvalue weighted by Gasteiger charge is 2.43. The van der Waals surface area contributed by atoms with Crippen LogP contribution in [0.3, 0.4) is 0 Å². The summed E-state index contributed by atoms with van der Waals surface area (Å²) >= 11 is 1.56. The number of hydrogen-bond donors (Lipinski definition) is 0. The third-order valence-corrected chi connectivity index (χ3v) is 5.78. The van der Waals surface area contributed by atoms with Gasteiger partial charge in [-0.25, -0.2) is 0 Å². The van der Waals surface area contributed by atoms with E-state index < -0.39 is 0 Å². The molecule has 4 rings (SSSR count). The molecule has 0 bridgehead atoms. The molecular formula is C19H22N2O3S. The quantitative estimate of drug-likeness (QED) is 0.843. The van der Waals surface area contributed by atoms with E-state index in [1.165, 1.54) is 0 Å². The summed E-state index contributed by atoms with van der Waals surface area (Å²) in [6.45, 7) is 2.66. The highest BCUT2D eigenvalue weighted by atomic mass is 32.1. The van der Waals surface area contributed by atoms with Crippen LogP contribution in [0.5, 0.6) is 0 Å². The maximum atomic E-state index is 12.4. The fraction of sp³-hybridized carbons (Fsp3) is 0.474. The first-order valence-corrected chi connectivity index (χ1v) is 9.65. The van der Waals surface area contributed by atoms with Crippen LogP contribution in [0.1, 0.15) is 35.3 Å². The van der Waals surface area contributed by atoms with Crippen molar-refractivity contribution in [3.05, 3.63) is 52.5 Å². The fourth-order valence-electron chi connectivity index (χ4n) is 3.63. The molecule has 2 aliphatic heterocycles. The summed E-state index contributed by atoms with van der Waals surface area (Å²) in [6.07, 6.45) is 4.56.